The molecule has 20 nitrogen and oxygen atoms in total. The van der Waals surface area contributed by atoms with E-state index in [0.717, 1.165) is 95.6 Å². The van der Waals surface area contributed by atoms with Crippen LogP contribution in [-0.4, -0.2) is 100 Å². The number of aryl methyl sites for hydroxylation is 4. The number of nitrogens with one attached hydrogen (secondary N) is 1. The van der Waals surface area contributed by atoms with E-state index < -0.39 is 19.1 Å². The summed E-state index contributed by atoms with van der Waals surface area (Å²) in [6.07, 6.45) is 16.5. The molecule has 8 heterocycles. The number of hydrogen-bond acceptors (Lipinski definition) is 13. The first-order chi connectivity index (χ1) is 32.8. The van der Waals surface area contributed by atoms with Gasteiger partial charge in [-0.3, -0.25) is 47.6 Å². The molecule has 0 aliphatic carbocycles. The fourth-order valence-corrected chi connectivity index (χ4v) is 8.44. The molecule has 23 heteroatoms. The van der Waals surface area contributed by atoms with Gasteiger partial charge in [0.2, 0.25) is 19.1 Å². The van der Waals surface area contributed by atoms with E-state index in [-0.39, 0.29) is 24.5 Å². The van der Waals surface area contributed by atoms with Gasteiger partial charge in [-0.05, 0) is 47.5 Å². The maximum atomic E-state index is 12.9. The third kappa shape index (κ3) is 10.5. The lowest BCUT2D eigenvalue weighted by molar-refractivity contribution is 0.577. The summed E-state index contributed by atoms with van der Waals surface area (Å²) < 4.78 is 54.2. The second-order valence-electron chi connectivity index (χ2n) is 16.2. The van der Waals surface area contributed by atoms with Crippen molar-refractivity contribution in [3.8, 4) is 44.8 Å². The summed E-state index contributed by atoms with van der Waals surface area (Å²) in [5, 5.41) is 10.1. The molecule has 69 heavy (non-hydrogen) atoms. The Labute approximate surface area is 399 Å². The number of fused-ring (bicyclic) bond motifs is 6. The molecule has 8 aromatic heterocycles. The summed E-state index contributed by atoms with van der Waals surface area (Å²) in [5.74, 6) is 0. The van der Waals surface area contributed by atoms with Gasteiger partial charge in [0.15, 0.2) is 0 Å². The van der Waals surface area contributed by atoms with E-state index in [1.807, 2.05) is 93.5 Å². The van der Waals surface area contributed by atoms with Gasteiger partial charge >= 0.3 is 11.4 Å². The van der Waals surface area contributed by atoms with Crippen LogP contribution in [-0.2, 0) is 60.4 Å². The van der Waals surface area contributed by atoms with Crippen molar-refractivity contribution in [1.82, 2.24) is 62.5 Å². The zero-order chi connectivity index (χ0) is 49.4. The Morgan fingerprint density at radius 3 is 1.35 bits per heavy atom. The summed E-state index contributed by atoms with van der Waals surface area (Å²) in [4.78, 5) is 43.9. The maximum absolute atomic E-state index is 12.9. The van der Waals surface area contributed by atoms with Crippen LogP contribution in [0.5, 0.6) is 0 Å². The molecule has 356 valence electrons. The molecule has 0 spiro atoms. The lowest BCUT2D eigenvalue weighted by Gasteiger charge is -2.08. The van der Waals surface area contributed by atoms with E-state index in [1.165, 1.54) is 4.57 Å². The number of pyridine rings is 4. The molecule has 0 fully saturated rings. The van der Waals surface area contributed by atoms with Crippen LogP contribution >= 0.6 is 10.7 Å². The molecule has 0 unspecified atom stereocenters. The van der Waals surface area contributed by atoms with Crippen LogP contribution in [0.15, 0.2) is 120 Å². The van der Waals surface area contributed by atoms with Crippen LogP contribution < -0.4 is 21.8 Å². The monoisotopic (exact) mass is 990 g/mol. The summed E-state index contributed by atoms with van der Waals surface area (Å²) in [5.41, 5.74) is 17.6. The molecule has 0 amide bonds. The van der Waals surface area contributed by atoms with Gasteiger partial charge < -0.3 is 5.73 Å². The minimum Gasteiger partial charge on any atom is -0.329 e. The predicted molar refractivity (Wildman–Crippen MR) is 268 cm³/mol. The molecule has 0 radical (unpaired) electrons. The third-order valence-corrected chi connectivity index (χ3v) is 11.9. The third-order valence-electron chi connectivity index (χ3n) is 11.2. The molecule has 10 aromatic rings. The second-order valence-corrected chi connectivity index (χ2v) is 21.1. The van der Waals surface area contributed by atoms with Crippen molar-refractivity contribution in [3.63, 3.8) is 0 Å². The number of sulfonamides is 1. The highest BCUT2D eigenvalue weighted by Crippen LogP contribution is 2.31. The lowest BCUT2D eigenvalue weighted by Crippen LogP contribution is -2.30. The van der Waals surface area contributed by atoms with Crippen LogP contribution in [0.25, 0.3) is 88.6 Å². The first kappa shape index (κ1) is 48.1. The van der Waals surface area contributed by atoms with Crippen LogP contribution in [0.4, 0.5) is 0 Å². The molecule has 3 N–H and O–H groups in total. The SMILES string of the molecule is CS(=O)(=O)Cl.Cn1cc(-c2ccc(-c3ccc4ncc5c(c4c3)n(CCN)c(=O)n5C)cn2)cn1.Cn1cc(-c2ccc(-c3ccc4ncc5c(c4c3)n(CCNS(C)(=O)=O)c(=O)n5C)cn2)cn1. The fraction of sp³-hybridized carbons (Fsp3) is 0.217. The number of benzene rings is 2. The number of imidazole rings is 2. The molecule has 0 saturated heterocycles. The quantitative estimate of drug-likeness (QED) is 0.181. The topological polar surface area (TPSA) is 247 Å². The van der Waals surface area contributed by atoms with Crippen molar-refractivity contribution >= 4 is 73.6 Å². The largest absolute Gasteiger partial charge is 0.329 e. The number of rotatable bonds is 10. The van der Waals surface area contributed by atoms with Crippen molar-refractivity contribution in [2.45, 2.75) is 13.1 Å². The van der Waals surface area contributed by atoms with Gasteiger partial charge in [-0.1, -0.05) is 24.3 Å². The Kier molecular flexibility index (Phi) is 13.5. The van der Waals surface area contributed by atoms with E-state index >= 15 is 0 Å². The predicted octanol–water partition coefficient (Wildman–Crippen LogP) is 4.39. The molecular formula is C46H47ClN14O6S2. The summed E-state index contributed by atoms with van der Waals surface area (Å²) in [6.45, 7) is 1.16. The van der Waals surface area contributed by atoms with Crippen molar-refractivity contribution in [2.75, 3.05) is 25.6 Å². The molecule has 0 saturated carbocycles. The normalized spacial score (nSPS) is 11.8. The smallest absolute Gasteiger partial charge is 0.328 e. The van der Waals surface area contributed by atoms with Gasteiger partial charge in [0.25, 0.3) is 0 Å². The molecule has 2 aromatic carbocycles. The van der Waals surface area contributed by atoms with Crippen LogP contribution in [0.2, 0.25) is 0 Å². The zero-order valence-corrected chi connectivity index (χ0v) is 40.7. The zero-order valence-electron chi connectivity index (χ0n) is 38.3. The highest BCUT2D eigenvalue weighted by Gasteiger charge is 2.18. The van der Waals surface area contributed by atoms with Crippen molar-refractivity contribution in [3.05, 3.63) is 131 Å². The van der Waals surface area contributed by atoms with E-state index in [1.54, 1.807) is 61.9 Å². The molecular weight excluding hydrogens is 944 g/mol. The van der Waals surface area contributed by atoms with Gasteiger partial charge in [-0.2, -0.15) is 10.2 Å². The number of nitrogens with zero attached hydrogens (tertiary/aromatic N) is 12. The highest BCUT2D eigenvalue weighted by molar-refractivity contribution is 8.13. The first-order valence-electron chi connectivity index (χ1n) is 21.2. The van der Waals surface area contributed by atoms with Crippen LogP contribution in [0.3, 0.4) is 0 Å². The molecule has 10 rings (SSSR count). The number of aromatic nitrogens is 12. The fourth-order valence-electron chi connectivity index (χ4n) is 7.98. The highest BCUT2D eigenvalue weighted by atomic mass is 35.7. The Morgan fingerprint density at radius 2 is 0.986 bits per heavy atom. The number of nitrogens with two attached hydrogens (primary N) is 1. The van der Waals surface area contributed by atoms with E-state index in [0.29, 0.717) is 18.6 Å². The second kappa shape index (κ2) is 19.3. The number of hydrogen-bond donors (Lipinski definition) is 2. The summed E-state index contributed by atoms with van der Waals surface area (Å²) >= 11 is 0. The van der Waals surface area contributed by atoms with Crippen LogP contribution in [0, 0.1) is 0 Å². The molecule has 0 aliphatic heterocycles. The first-order valence-corrected chi connectivity index (χ1v) is 25.8. The molecule has 0 bridgehead atoms. The Balaban J connectivity index is 0.000000171. The lowest BCUT2D eigenvalue weighted by atomic mass is 10.0. The van der Waals surface area contributed by atoms with Crippen LogP contribution in [0.1, 0.15) is 0 Å². The summed E-state index contributed by atoms with van der Waals surface area (Å²) in [6, 6.07) is 19.9. The Hall–Kier alpha value is -7.37. The Bertz CT molecular complexity index is 3890. The van der Waals surface area contributed by atoms with Gasteiger partial charge in [-0.25, -0.2) is 31.1 Å². The van der Waals surface area contributed by atoms with E-state index in [9.17, 15) is 26.4 Å². The van der Waals surface area contributed by atoms with Gasteiger partial charge in [0.05, 0.1) is 81.8 Å². The van der Waals surface area contributed by atoms with E-state index in [2.05, 4.69) is 51.6 Å². The minimum atomic E-state index is -3.36. The average Bonchev–Trinajstić information content (AvgIpc) is 4.08. The average molecular weight is 992 g/mol. The van der Waals surface area contributed by atoms with Gasteiger partial charge in [0.1, 0.15) is 0 Å². The number of halogens is 1. The van der Waals surface area contributed by atoms with Gasteiger partial charge in [0, 0.05) is 123 Å². The van der Waals surface area contributed by atoms with Crippen molar-refractivity contribution < 1.29 is 16.8 Å². The van der Waals surface area contributed by atoms with Gasteiger partial charge in [-0.15, -0.1) is 0 Å². The van der Waals surface area contributed by atoms with Crippen molar-refractivity contribution in [2.24, 2.45) is 33.9 Å². The minimum absolute atomic E-state index is 0.0855. The summed E-state index contributed by atoms with van der Waals surface area (Å²) in [7, 11) is 5.14. The maximum Gasteiger partial charge on any atom is 0.328 e. The standard InChI is InChI=1S/C23H23N7O3S.C22H21N7O.CH3ClO2S/c1-28-14-17(12-26-28)19-6-5-16(11-24-19)15-4-7-20-18(10-15)22-21(13-25-20)29(2)23(31)30(22)9-8-27-34(3,32)33;1-27-13-16(11-26-27)18-5-4-15(10-24-18)14-3-6-19-17(9-14)21-20(12-25-19)28(2)22(30)29(21)8-7-23;1-5(2,3)4/h4-7,10-14,27H,8-9H2,1-3H3;3-6,9-13H,7-8,23H2,1-2H3;1H3. The molecule has 0 atom stereocenters. The Morgan fingerprint density at radius 1 is 0.565 bits per heavy atom. The van der Waals surface area contributed by atoms with Crippen molar-refractivity contribution in [1.29, 1.82) is 0 Å². The van der Waals surface area contributed by atoms with E-state index in [4.69, 9.17) is 5.73 Å². The molecule has 0 aliphatic rings.